The van der Waals surface area contributed by atoms with Crippen molar-refractivity contribution in [2.75, 3.05) is 25.5 Å². The summed E-state index contributed by atoms with van der Waals surface area (Å²) in [5, 5.41) is 5.86. The molecule has 2 atom stereocenters. The number of aromatic nitrogens is 3. The molecule has 5 heterocycles. The summed E-state index contributed by atoms with van der Waals surface area (Å²) in [5.41, 5.74) is 0.357. The molecule has 6 rings (SSSR count). The second-order valence-electron chi connectivity index (χ2n) is 11.8. The Balaban J connectivity index is 1.23. The molecule has 42 heavy (non-hydrogen) atoms. The number of nitrogens with one attached hydrogen (secondary N) is 3. The van der Waals surface area contributed by atoms with Crippen LogP contribution in [0.2, 0.25) is 0 Å². The molecule has 12 heteroatoms. The van der Waals surface area contributed by atoms with Gasteiger partial charge in [0.2, 0.25) is 0 Å². The van der Waals surface area contributed by atoms with Crippen molar-refractivity contribution < 1.29 is 32.7 Å². The maximum atomic E-state index is 14.9. The van der Waals surface area contributed by atoms with Crippen LogP contribution in [0, 0.1) is 11.6 Å². The topological polar surface area (TPSA) is 112 Å². The average Bonchev–Trinajstić information content (AvgIpc) is 3.32. The van der Waals surface area contributed by atoms with Gasteiger partial charge in [0.15, 0.2) is 17.2 Å². The van der Waals surface area contributed by atoms with E-state index in [9.17, 15) is 18.4 Å². The molecule has 10 nitrogen and oxygen atoms in total. The Morgan fingerprint density at radius 1 is 1.19 bits per heavy atom. The van der Waals surface area contributed by atoms with Crippen molar-refractivity contribution in [3.63, 3.8) is 0 Å². The first kappa shape index (κ1) is 28.2. The van der Waals surface area contributed by atoms with E-state index in [0.717, 1.165) is 22.2 Å². The number of urea groups is 1. The number of likely N-dealkylation sites (tertiary alicyclic amines) is 1. The first-order chi connectivity index (χ1) is 20.1. The largest absolute Gasteiger partial charge is 0.437 e. The summed E-state index contributed by atoms with van der Waals surface area (Å²) >= 11 is 0. The number of imidazole rings is 1. The van der Waals surface area contributed by atoms with Crippen molar-refractivity contribution >= 4 is 17.9 Å². The first-order valence-corrected chi connectivity index (χ1v) is 14.3. The number of amides is 3. The van der Waals surface area contributed by atoms with E-state index < -0.39 is 35.0 Å². The number of pyridine rings is 1. The maximum absolute atomic E-state index is 14.9. The highest BCUT2D eigenvalue weighted by Gasteiger charge is 2.48. The van der Waals surface area contributed by atoms with Crippen molar-refractivity contribution in [3.05, 3.63) is 77.0 Å². The Labute approximate surface area is 242 Å². The van der Waals surface area contributed by atoms with Crippen LogP contribution in [0.4, 0.5) is 24.2 Å². The number of hydrogen-bond acceptors (Lipinski definition) is 6. The third-order valence-electron chi connectivity index (χ3n) is 9.02. The van der Waals surface area contributed by atoms with Gasteiger partial charge in [0.1, 0.15) is 17.2 Å². The van der Waals surface area contributed by atoms with Gasteiger partial charge in [-0.25, -0.2) is 28.3 Å². The lowest BCUT2D eigenvalue weighted by Crippen LogP contribution is -3.17. The normalized spacial score (nSPS) is 25.5. The number of piperidine rings is 1. The summed E-state index contributed by atoms with van der Waals surface area (Å²) in [6, 6.07) is 7.41. The van der Waals surface area contributed by atoms with Gasteiger partial charge in [-0.3, -0.25) is 15.5 Å². The number of carbonyl (C=O) groups is 2. The molecule has 3 aromatic rings. The number of halogens is 2. The summed E-state index contributed by atoms with van der Waals surface area (Å²) in [6.45, 7) is 5.08. The van der Waals surface area contributed by atoms with Crippen LogP contribution in [0.5, 0.6) is 0 Å². The molecule has 3 amide bonds. The standard InChI is InChI=1S/C30H34F2N6O4/c1-29(2,41-3)26-34-16-23-22(10-9-18(17-38(23)26)19-6-4-8-21(31)24(19)32)35-27(39)37-14-11-30(12-15-37)20-7-5-13-33-25(20)36-28(40)42-30/h4-8,13,16,18,22H,9-12,14-15,17H2,1-3H3,(H,35,39)(H,33,36,40)/p+1. The van der Waals surface area contributed by atoms with Gasteiger partial charge in [0.05, 0.1) is 31.0 Å². The van der Waals surface area contributed by atoms with E-state index in [0.29, 0.717) is 62.5 Å². The van der Waals surface area contributed by atoms with Gasteiger partial charge in [0.25, 0.3) is 0 Å². The van der Waals surface area contributed by atoms with Gasteiger partial charge in [-0.1, -0.05) is 12.1 Å². The van der Waals surface area contributed by atoms with E-state index in [1.807, 2.05) is 30.5 Å². The van der Waals surface area contributed by atoms with Gasteiger partial charge < -0.3 is 14.0 Å². The minimum atomic E-state index is -0.880. The molecule has 0 radical (unpaired) electrons. The average molecular weight is 582 g/mol. The van der Waals surface area contributed by atoms with Crippen molar-refractivity contribution in [2.24, 2.45) is 0 Å². The highest BCUT2D eigenvalue weighted by Crippen LogP contribution is 2.41. The molecule has 222 valence electrons. The molecule has 1 aromatic carbocycles. The molecule has 0 saturated carbocycles. The Hall–Kier alpha value is -3.90. The molecule has 3 aliphatic heterocycles. The zero-order chi connectivity index (χ0) is 29.6. The molecular formula is C30H35F2N6O4+. The van der Waals surface area contributed by atoms with E-state index in [1.165, 1.54) is 6.07 Å². The van der Waals surface area contributed by atoms with E-state index in [2.05, 4.69) is 20.6 Å². The Kier molecular flexibility index (Phi) is 7.22. The summed E-state index contributed by atoms with van der Waals surface area (Å²) in [7, 11) is 1.60. The monoisotopic (exact) mass is 581 g/mol. The Morgan fingerprint density at radius 2 is 1.98 bits per heavy atom. The summed E-state index contributed by atoms with van der Waals surface area (Å²) in [6.07, 6.45) is 4.81. The van der Waals surface area contributed by atoms with Crippen LogP contribution in [0.25, 0.3) is 0 Å². The van der Waals surface area contributed by atoms with Gasteiger partial charge in [-0.05, 0) is 50.5 Å². The second kappa shape index (κ2) is 10.7. The van der Waals surface area contributed by atoms with E-state index in [-0.39, 0.29) is 11.9 Å². The van der Waals surface area contributed by atoms with Crippen LogP contribution in [0.15, 0.2) is 42.7 Å². The minimum absolute atomic E-state index is 0.169. The number of hydrogen-bond donors (Lipinski definition) is 3. The van der Waals surface area contributed by atoms with Gasteiger partial charge >= 0.3 is 12.1 Å². The predicted molar refractivity (Wildman–Crippen MR) is 148 cm³/mol. The highest BCUT2D eigenvalue weighted by molar-refractivity contribution is 5.87. The number of carbonyl (C=O) groups excluding carboxylic acids is 2. The summed E-state index contributed by atoms with van der Waals surface area (Å²) < 4.78 is 42.6. The Morgan fingerprint density at radius 3 is 2.74 bits per heavy atom. The zero-order valence-corrected chi connectivity index (χ0v) is 23.9. The van der Waals surface area contributed by atoms with E-state index >= 15 is 0 Å². The molecule has 1 spiro atoms. The van der Waals surface area contributed by atoms with Crippen molar-refractivity contribution in [2.45, 2.75) is 69.2 Å². The number of nitrogens with zero attached hydrogens (tertiary/aromatic N) is 3. The molecule has 3 aliphatic rings. The van der Waals surface area contributed by atoms with Crippen LogP contribution >= 0.6 is 0 Å². The lowest BCUT2D eigenvalue weighted by Gasteiger charge is -2.41. The number of methoxy groups -OCH3 is 1. The summed E-state index contributed by atoms with van der Waals surface area (Å²) in [5.74, 6) is -0.912. The van der Waals surface area contributed by atoms with Crippen LogP contribution in [0.1, 0.15) is 74.1 Å². The molecule has 0 bridgehead atoms. The van der Waals surface area contributed by atoms with Crippen molar-refractivity contribution in [3.8, 4) is 0 Å². The van der Waals surface area contributed by atoms with Crippen LogP contribution in [-0.4, -0.2) is 46.9 Å². The predicted octanol–water partition coefficient (Wildman–Crippen LogP) is 3.90. The van der Waals surface area contributed by atoms with E-state index in [4.69, 9.17) is 9.47 Å². The fraction of sp³-hybridized carbons (Fsp3) is 0.467. The highest BCUT2D eigenvalue weighted by atomic mass is 19.2. The quantitative estimate of drug-likeness (QED) is 0.431. The van der Waals surface area contributed by atoms with Crippen LogP contribution in [0.3, 0.4) is 0 Å². The number of rotatable bonds is 4. The molecule has 3 N–H and O–H groups in total. The Bertz CT molecular complexity index is 1520. The minimum Gasteiger partial charge on any atom is -0.437 e. The SMILES string of the molecule is COC(C)(C)c1ncc2n1CC(c1cccc(F)c1F)CCC2NC(=O)[NH+]1CCC2(CC1)OC(=O)Nc1ncccc12. The fourth-order valence-corrected chi connectivity index (χ4v) is 6.54. The third kappa shape index (κ3) is 4.92. The lowest BCUT2D eigenvalue weighted by molar-refractivity contribution is -0.825. The second-order valence-corrected chi connectivity index (χ2v) is 11.8. The number of anilines is 1. The van der Waals surface area contributed by atoms with Crippen LogP contribution < -0.4 is 15.5 Å². The van der Waals surface area contributed by atoms with Gasteiger partial charge in [0, 0.05) is 44.2 Å². The van der Waals surface area contributed by atoms with Crippen molar-refractivity contribution in [1.29, 1.82) is 0 Å². The maximum Gasteiger partial charge on any atom is 0.415 e. The summed E-state index contributed by atoms with van der Waals surface area (Å²) in [4.78, 5) is 35.6. The number of benzene rings is 1. The zero-order valence-electron chi connectivity index (χ0n) is 23.9. The van der Waals surface area contributed by atoms with E-state index in [1.54, 1.807) is 25.6 Å². The lowest BCUT2D eigenvalue weighted by atomic mass is 9.83. The molecule has 2 unspecified atom stereocenters. The van der Waals surface area contributed by atoms with Gasteiger partial charge in [-0.2, -0.15) is 0 Å². The molecular weight excluding hydrogens is 546 g/mol. The molecule has 1 fully saturated rings. The number of fused-ring (bicyclic) bond motifs is 3. The molecule has 0 aliphatic carbocycles. The fourth-order valence-electron chi connectivity index (χ4n) is 6.54. The molecule has 2 aromatic heterocycles. The van der Waals surface area contributed by atoms with Crippen LogP contribution in [-0.2, 0) is 27.2 Å². The molecule has 1 saturated heterocycles. The third-order valence-corrected chi connectivity index (χ3v) is 9.02. The first-order valence-electron chi connectivity index (χ1n) is 14.3. The number of quaternary nitrogens is 1. The smallest absolute Gasteiger partial charge is 0.415 e. The van der Waals surface area contributed by atoms with Gasteiger partial charge in [-0.15, -0.1) is 0 Å². The van der Waals surface area contributed by atoms with Crippen molar-refractivity contribution in [1.82, 2.24) is 19.9 Å². The number of ether oxygens (including phenoxy) is 2.